The molecular formula is C14H18ClNO6S. The molecule has 1 fully saturated rings. The number of nitrogens with zero attached hydrogens (tertiary/aromatic N) is 1. The van der Waals surface area contributed by atoms with E-state index >= 15 is 0 Å². The summed E-state index contributed by atoms with van der Waals surface area (Å²) in [4.78, 5) is 36.6. The summed E-state index contributed by atoms with van der Waals surface area (Å²) in [5.41, 5.74) is -0.495. The van der Waals surface area contributed by atoms with Crippen LogP contribution in [-0.4, -0.2) is 55.7 Å². The highest BCUT2D eigenvalue weighted by molar-refractivity contribution is 7.86. The third-order valence-corrected chi connectivity index (χ3v) is 5.41. The van der Waals surface area contributed by atoms with Crippen LogP contribution in [-0.2, 0) is 34.7 Å². The van der Waals surface area contributed by atoms with Crippen molar-refractivity contribution in [2.45, 2.75) is 44.0 Å². The summed E-state index contributed by atoms with van der Waals surface area (Å²) in [5.74, 6) is -1.78. The lowest BCUT2D eigenvalue weighted by molar-refractivity contribution is -0.157. The summed E-state index contributed by atoms with van der Waals surface area (Å²) in [5, 5.41) is -1.68. The van der Waals surface area contributed by atoms with Gasteiger partial charge in [-0.05, 0) is 20.8 Å². The lowest BCUT2D eigenvalue weighted by Crippen LogP contribution is -2.67. The van der Waals surface area contributed by atoms with Crippen molar-refractivity contribution in [3.63, 3.8) is 0 Å². The first-order valence-electron chi connectivity index (χ1n) is 6.96. The fourth-order valence-corrected chi connectivity index (χ4v) is 4.40. The van der Waals surface area contributed by atoms with E-state index in [1.807, 2.05) is 0 Å². The Morgan fingerprint density at radius 3 is 2.52 bits per heavy atom. The lowest BCUT2D eigenvalue weighted by atomic mass is 10.1. The molecule has 0 radical (unpaired) electrons. The summed E-state index contributed by atoms with van der Waals surface area (Å²) in [6, 6.07) is 0. The minimum atomic E-state index is -1.47. The Morgan fingerprint density at radius 2 is 2.00 bits per heavy atom. The molecule has 2 aliphatic rings. The summed E-state index contributed by atoms with van der Waals surface area (Å²) in [7, 11) is -1.47. The first kappa shape index (κ1) is 17.9. The molecule has 0 aromatic heterocycles. The predicted octanol–water partition coefficient (Wildman–Crippen LogP) is 0.683. The van der Waals surface area contributed by atoms with E-state index in [1.54, 1.807) is 20.8 Å². The van der Waals surface area contributed by atoms with E-state index in [2.05, 4.69) is 0 Å². The molecule has 3 atom stereocenters. The minimum Gasteiger partial charge on any atom is -0.461 e. The van der Waals surface area contributed by atoms with Gasteiger partial charge in [-0.2, -0.15) is 0 Å². The van der Waals surface area contributed by atoms with Crippen molar-refractivity contribution in [1.29, 1.82) is 0 Å². The van der Waals surface area contributed by atoms with Gasteiger partial charge in [-0.25, -0.2) is 4.79 Å². The maximum Gasteiger partial charge on any atom is 0.355 e. The highest BCUT2D eigenvalue weighted by atomic mass is 35.5. The number of hydrogen-bond donors (Lipinski definition) is 0. The molecule has 2 unspecified atom stereocenters. The van der Waals surface area contributed by atoms with Crippen LogP contribution in [0.2, 0.25) is 0 Å². The van der Waals surface area contributed by atoms with Crippen molar-refractivity contribution >= 4 is 40.2 Å². The second kappa shape index (κ2) is 6.24. The largest absolute Gasteiger partial charge is 0.461 e. The third kappa shape index (κ3) is 3.58. The lowest BCUT2D eigenvalue weighted by Gasteiger charge is -2.47. The normalized spacial score (nSPS) is 27.3. The number of amides is 1. The molecule has 0 aromatic rings. The number of halogens is 1. The zero-order valence-corrected chi connectivity index (χ0v) is 14.8. The average molecular weight is 364 g/mol. The Balaban J connectivity index is 2.39. The number of rotatable bonds is 3. The van der Waals surface area contributed by atoms with Gasteiger partial charge in [-0.3, -0.25) is 18.7 Å². The maximum absolute atomic E-state index is 12.5. The third-order valence-electron chi connectivity index (χ3n) is 3.18. The van der Waals surface area contributed by atoms with E-state index in [4.69, 9.17) is 21.1 Å². The Hall–Kier alpha value is -1.41. The van der Waals surface area contributed by atoms with Crippen LogP contribution in [0.1, 0.15) is 27.7 Å². The number of carbonyl (C=O) groups excluding carboxylic acids is 3. The molecule has 0 saturated carbocycles. The van der Waals surface area contributed by atoms with Crippen molar-refractivity contribution < 1.29 is 28.1 Å². The van der Waals surface area contributed by atoms with Crippen LogP contribution in [0.15, 0.2) is 11.3 Å². The van der Waals surface area contributed by atoms with Crippen LogP contribution in [0.5, 0.6) is 0 Å². The predicted molar refractivity (Wildman–Crippen MR) is 82.8 cm³/mol. The molecule has 0 spiro atoms. The van der Waals surface area contributed by atoms with E-state index in [9.17, 15) is 18.6 Å². The topological polar surface area (TPSA) is 90.0 Å². The van der Waals surface area contributed by atoms with E-state index < -0.39 is 45.0 Å². The molecule has 1 saturated heterocycles. The fourth-order valence-electron chi connectivity index (χ4n) is 2.28. The first-order chi connectivity index (χ1) is 10.5. The van der Waals surface area contributed by atoms with Crippen molar-refractivity contribution in [2.24, 2.45) is 0 Å². The van der Waals surface area contributed by atoms with Crippen molar-refractivity contribution in [1.82, 2.24) is 4.90 Å². The van der Waals surface area contributed by atoms with Gasteiger partial charge < -0.3 is 9.47 Å². The molecule has 23 heavy (non-hydrogen) atoms. The van der Waals surface area contributed by atoms with Gasteiger partial charge >= 0.3 is 11.9 Å². The number of alkyl halides is 1. The fraction of sp³-hybridized carbons (Fsp3) is 0.643. The van der Waals surface area contributed by atoms with E-state index in [1.165, 1.54) is 6.92 Å². The Morgan fingerprint density at radius 1 is 1.39 bits per heavy atom. The second-order valence-electron chi connectivity index (χ2n) is 6.26. The Labute approximate surface area is 141 Å². The molecular weight excluding hydrogens is 346 g/mol. The highest BCUT2D eigenvalue weighted by Gasteiger charge is 2.56. The molecule has 7 nitrogen and oxygen atoms in total. The zero-order valence-electron chi connectivity index (χ0n) is 13.3. The molecule has 2 heterocycles. The van der Waals surface area contributed by atoms with Crippen LogP contribution in [0.4, 0.5) is 0 Å². The summed E-state index contributed by atoms with van der Waals surface area (Å²) >= 11 is 5.90. The van der Waals surface area contributed by atoms with Gasteiger partial charge in [0.25, 0.3) is 0 Å². The number of fused-ring (bicyclic) bond motifs is 1. The zero-order chi connectivity index (χ0) is 17.5. The number of esters is 2. The SMILES string of the molecule is CC(=O)OCC1=C(C(=O)OC(C)(C)C)N2C(=O)[C@@H](Cl)C2S(=O)C1. The molecule has 9 heteroatoms. The van der Waals surface area contributed by atoms with Crippen molar-refractivity contribution in [3.05, 3.63) is 11.3 Å². The molecule has 0 aliphatic carbocycles. The maximum atomic E-state index is 12.5. The molecule has 2 rings (SSSR count). The number of hydrogen-bond acceptors (Lipinski definition) is 6. The summed E-state index contributed by atoms with van der Waals surface area (Å²) in [6.07, 6.45) is 0. The number of carbonyl (C=O) groups is 3. The van der Waals surface area contributed by atoms with Gasteiger partial charge in [-0.15, -0.1) is 11.6 Å². The molecule has 1 amide bonds. The Kier molecular flexibility index (Phi) is 4.86. The Bertz CT molecular complexity index is 623. The second-order valence-corrected chi connectivity index (χ2v) is 8.26. The van der Waals surface area contributed by atoms with Crippen molar-refractivity contribution in [2.75, 3.05) is 12.4 Å². The standard InChI is InChI=1S/C14H18ClNO6S/c1-7(17)21-5-8-6-23(20)12-9(15)11(18)16(12)10(8)13(19)22-14(2,3)4/h9,12H,5-6H2,1-4H3/t9-,12?,23?/m1/s1. The molecule has 128 valence electrons. The first-order valence-corrected chi connectivity index (χ1v) is 8.78. The van der Waals surface area contributed by atoms with Crippen molar-refractivity contribution in [3.8, 4) is 0 Å². The van der Waals surface area contributed by atoms with Gasteiger partial charge in [0.2, 0.25) is 5.91 Å². The molecule has 0 aromatic carbocycles. The van der Waals surface area contributed by atoms with Crippen LogP contribution < -0.4 is 0 Å². The number of β-lactam (4-membered cyclic amide) rings is 1. The van der Waals surface area contributed by atoms with E-state index in [-0.39, 0.29) is 18.1 Å². The van der Waals surface area contributed by atoms with E-state index in [0.717, 1.165) is 4.90 Å². The summed E-state index contributed by atoms with van der Waals surface area (Å²) in [6.45, 7) is 6.08. The minimum absolute atomic E-state index is 0.000473. The molecule has 0 bridgehead atoms. The van der Waals surface area contributed by atoms with Gasteiger partial charge in [0, 0.05) is 12.5 Å². The van der Waals surface area contributed by atoms with Gasteiger partial charge in [0.15, 0.2) is 0 Å². The number of ether oxygens (including phenoxy) is 2. The van der Waals surface area contributed by atoms with Crippen LogP contribution >= 0.6 is 11.6 Å². The van der Waals surface area contributed by atoms with E-state index in [0.29, 0.717) is 5.57 Å². The van der Waals surface area contributed by atoms with Crippen LogP contribution in [0.3, 0.4) is 0 Å². The molecule has 0 N–H and O–H groups in total. The van der Waals surface area contributed by atoms with Gasteiger partial charge in [-0.1, -0.05) is 0 Å². The summed E-state index contributed by atoms with van der Waals surface area (Å²) < 4.78 is 22.4. The molecule has 2 aliphatic heterocycles. The average Bonchev–Trinajstić information content (AvgIpc) is 2.41. The van der Waals surface area contributed by atoms with Gasteiger partial charge in [0.05, 0.1) is 16.6 Å². The monoisotopic (exact) mass is 363 g/mol. The van der Waals surface area contributed by atoms with Crippen LogP contribution in [0.25, 0.3) is 0 Å². The highest BCUT2D eigenvalue weighted by Crippen LogP contribution is 2.38. The quantitative estimate of drug-likeness (QED) is 0.416. The van der Waals surface area contributed by atoms with Gasteiger partial charge in [0.1, 0.15) is 28.7 Å². The van der Waals surface area contributed by atoms with Crippen LogP contribution in [0, 0.1) is 0 Å². The smallest absolute Gasteiger partial charge is 0.355 e.